The van der Waals surface area contributed by atoms with Crippen molar-refractivity contribution < 1.29 is 13.5 Å². The van der Waals surface area contributed by atoms with E-state index in [0.717, 1.165) is 16.6 Å². The molecular weight excluding hydrogens is 364 g/mol. The zero-order valence-electron chi connectivity index (χ0n) is 11.4. The number of halogens is 4. The molecule has 2 rings (SSSR count). The summed E-state index contributed by atoms with van der Waals surface area (Å²) in [5.74, 6) is -0.669. The van der Waals surface area contributed by atoms with Gasteiger partial charge in [-0.2, -0.15) is 0 Å². The summed E-state index contributed by atoms with van der Waals surface area (Å²) in [6.45, 7) is 0. The Labute approximate surface area is 135 Å². The standard InChI is InChI=1S/C15H13BrClF2NO/c1-20-15(9-6-13(19)11(17)7-12(9)18)10-5-8(16)3-4-14(10)21-2/h3-7,15,20H,1-2H3. The van der Waals surface area contributed by atoms with Crippen molar-refractivity contribution >= 4 is 27.5 Å². The van der Waals surface area contributed by atoms with Gasteiger partial charge in [0.1, 0.15) is 17.4 Å². The van der Waals surface area contributed by atoms with Gasteiger partial charge in [-0.3, -0.25) is 0 Å². The van der Waals surface area contributed by atoms with Crippen LogP contribution in [-0.2, 0) is 0 Å². The first-order valence-electron chi connectivity index (χ1n) is 6.13. The molecule has 0 spiro atoms. The minimum absolute atomic E-state index is 0.163. The molecule has 0 saturated carbocycles. The number of ether oxygens (including phenoxy) is 1. The second-order valence-corrected chi connectivity index (χ2v) is 5.72. The van der Waals surface area contributed by atoms with E-state index in [1.54, 1.807) is 19.2 Å². The fourth-order valence-electron chi connectivity index (χ4n) is 2.17. The predicted octanol–water partition coefficient (Wildman–Crippen LogP) is 4.70. The van der Waals surface area contributed by atoms with Crippen LogP contribution in [-0.4, -0.2) is 14.2 Å². The van der Waals surface area contributed by atoms with Gasteiger partial charge < -0.3 is 10.1 Å². The predicted molar refractivity (Wildman–Crippen MR) is 83.0 cm³/mol. The Morgan fingerprint density at radius 2 is 1.86 bits per heavy atom. The normalized spacial score (nSPS) is 12.3. The summed E-state index contributed by atoms with van der Waals surface area (Å²) in [6.07, 6.45) is 0. The topological polar surface area (TPSA) is 21.3 Å². The van der Waals surface area contributed by atoms with Crippen LogP contribution in [0.25, 0.3) is 0 Å². The highest BCUT2D eigenvalue weighted by molar-refractivity contribution is 9.10. The summed E-state index contributed by atoms with van der Waals surface area (Å²) >= 11 is 8.96. The maximum atomic E-state index is 14.1. The molecule has 2 nitrogen and oxygen atoms in total. The van der Waals surface area contributed by atoms with Gasteiger partial charge in [-0.25, -0.2) is 8.78 Å². The third kappa shape index (κ3) is 3.36. The lowest BCUT2D eigenvalue weighted by Crippen LogP contribution is -2.20. The zero-order chi connectivity index (χ0) is 15.6. The van der Waals surface area contributed by atoms with Crippen LogP contribution < -0.4 is 10.1 Å². The van der Waals surface area contributed by atoms with Crippen LogP contribution in [0.15, 0.2) is 34.8 Å². The van der Waals surface area contributed by atoms with Gasteiger partial charge in [-0.1, -0.05) is 27.5 Å². The van der Waals surface area contributed by atoms with Gasteiger partial charge in [-0.15, -0.1) is 0 Å². The first-order chi connectivity index (χ1) is 9.97. The van der Waals surface area contributed by atoms with Crippen LogP contribution >= 0.6 is 27.5 Å². The summed E-state index contributed by atoms with van der Waals surface area (Å²) in [4.78, 5) is 0. The molecule has 0 aliphatic rings. The Morgan fingerprint density at radius 1 is 1.14 bits per heavy atom. The van der Waals surface area contributed by atoms with Crippen molar-refractivity contribution in [1.29, 1.82) is 0 Å². The van der Waals surface area contributed by atoms with E-state index in [9.17, 15) is 8.78 Å². The van der Waals surface area contributed by atoms with Gasteiger partial charge in [0.25, 0.3) is 0 Å². The molecule has 0 saturated heterocycles. The Bertz CT molecular complexity index is 666. The minimum atomic E-state index is -0.665. The van der Waals surface area contributed by atoms with Crippen LogP contribution in [0.4, 0.5) is 8.78 Å². The smallest absolute Gasteiger partial charge is 0.142 e. The molecule has 0 aromatic heterocycles. The number of hydrogen-bond donors (Lipinski definition) is 1. The number of benzene rings is 2. The number of hydrogen-bond acceptors (Lipinski definition) is 2. The first-order valence-corrected chi connectivity index (χ1v) is 7.30. The maximum absolute atomic E-state index is 14.1. The van der Waals surface area contributed by atoms with E-state index in [-0.39, 0.29) is 10.6 Å². The number of methoxy groups -OCH3 is 1. The van der Waals surface area contributed by atoms with E-state index >= 15 is 0 Å². The second-order valence-electron chi connectivity index (χ2n) is 4.40. The molecule has 0 amide bonds. The lowest BCUT2D eigenvalue weighted by atomic mass is 9.97. The van der Waals surface area contributed by atoms with Crippen molar-refractivity contribution in [3.63, 3.8) is 0 Å². The van der Waals surface area contributed by atoms with Gasteiger partial charge in [0, 0.05) is 15.6 Å². The molecule has 1 N–H and O–H groups in total. The molecule has 2 aromatic rings. The van der Waals surface area contributed by atoms with Crippen LogP contribution in [0, 0.1) is 11.6 Å². The van der Waals surface area contributed by atoms with Gasteiger partial charge in [0.15, 0.2) is 0 Å². The highest BCUT2D eigenvalue weighted by Crippen LogP contribution is 2.34. The van der Waals surface area contributed by atoms with Gasteiger partial charge >= 0.3 is 0 Å². The van der Waals surface area contributed by atoms with E-state index in [1.165, 1.54) is 7.11 Å². The number of nitrogens with one attached hydrogen (secondary N) is 1. The van der Waals surface area contributed by atoms with Crippen molar-refractivity contribution in [2.75, 3.05) is 14.2 Å². The van der Waals surface area contributed by atoms with Gasteiger partial charge in [0.05, 0.1) is 18.2 Å². The summed E-state index contributed by atoms with van der Waals surface area (Å²) in [6, 6.07) is 6.87. The molecule has 112 valence electrons. The third-order valence-corrected chi connectivity index (χ3v) is 3.92. The summed E-state index contributed by atoms with van der Waals surface area (Å²) in [5.41, 5.74) is 0.853. The summed E-state index contributed by atoms with van der Waals surface area (Å²) in [7, 11) is 3.19. The quantitative estimate of drug-likeness (QED) is 0.781. The average Bonchev–Trinajstić information content (AvgIpc) is 2.45. The van der Waals surface area contributed by atoms with E-state index in [0.29, 0.717) is 11.3 Å². The largest absolute Gasteiger partial charge is 0.496 e. The third-order valence-electron chi connectivity index (χ3n) is 3.14. The Hall–Kier alpha value is -1.17. The molecule has 21 heavy (non-hydrogen) atoms. The Morgan fingerprint density at radius 3 is 2.48 bits per heavy atom. The van der Waals surface area contributed by atoms with Crippen molar-refractivity contribution in [2.24, 2.45) is 0 Å². The van der Waals surface area contributed by atoms with Crippen LogP contribution in [0.2, 0.25) is 5.02 Å². The Balaban J connectivity index is 2.59. The highest BCUT2D eigenvalue weighted by Gasteiger charge is 2.22. The van der Waals surface area contributed by atoms with E-state index in [1.807, 2.05) is 6.07 Å². The molecule has 0 bridgehead atoms. The Kier molecular flexibility index (Phi) is 5.19. The molecular formula is C15H13BrClF2NO. The van der Waals surface area contributed by atoms with Crippen LogP contribution in [0.1, 0.15) is 17.2 Å². The van der Waals surface area contributed by atoms with Crippen molar-refractivity contribution in [2.45, 2.75) is 6.04 Å². The molecule has 1 atom stereocenters. The number of rotatable bonds is 4. The monoisotopic (exact) mass is 375 g/mol. The van der Waals surface area contributed by atoms with E-state index < -0.39 is 17.7 Å². The summed E-state index contributed by atoms with van der Waals surface area (Å²) < 4.78 is 33.9. The second kappa shape index (κ2) is 6.73. The molecule has 0 radical (unpaired) electrons. The minimum Gasteiger partial charge on any atom is -0.496 e. The molecule has 0 aliphatic carbocycles. The first kappa shape index (κ1) is 16.2. The molecule has 6 heteroatoms. The van der Waals surface area contributed by atoms with Gasteiger partial charge in [0.2, 0.25) is 0 Å². The average molecular weight is 377 g/mol. The van der Waals surface area contributed by atoms with E-state index in [4.69, 9.17) is 16.3 Å². The fourth-order valence-corrected chi connectivity index (χ4v) is 2.70. The molecule has 2 aromatic carbocycles. The van der Waals surface area contributed by atoms with Crippen molar-refractivity contribution in [3.05, 3.63) is 62.6 Å². The molecule has 0 aliphatic heterocycles. The van der Waals surface area contributed by atoms with Gasteiger partial charge in [-0.05, 0) is 37.4 Å². The van der Waals surface area contributed by atoms with Crippen molar-refractivity contribution in [3.8, 4) is 5.75 Å². The SMILES string of the molecule is CNC(c1cc(F)c(Cl)cc1F)c1cc(Br)ccc1OC. The fraction of sp³-hybridized carbons (Fsp3) is 0.200. The van der Waals surface area contributed by atoms with E-state index in [2.05, 4.69) is 21.2 Å². The van der Waals surface area contributed by atoms with Crippen LogP contribution in [0.3, 0.4) is 0 Å². The lowest BCUT2D eigenvalue weighted by Gasteiger charge is -2.21. The molecule has 0 heterocycles. The van der Waals surface area contributed by atoms with Crippen LogP contribution in [0.5, 0.6) is 5.75 Å². The molecule has 0 fully saturated rings. The molecule has 1 unspecified atom stereocenters. The lowest BCUT2D eigenvalue weighted by molar-refractivity contribution is 0.404. The zero-order valence-corrected chi connectivity index (χ0v) is 13.7. The summed E-state index contributed by atoms with van der Waals surface area (Å²) in [5, 5.41) is 2.73. The van der Waals surface area contributed by atoms with Crippen molar-refractivity contribution in [1.82, 2.24) is 5.32 Å². The maximum Gasteiger partial charge on any atom is 0.142 e. The highest BCUT2D eigenvalue weighted by atomic mass is 79.9.